The summed E-state index contributed by atoms with van der Waals surface area (Å²) in [6, 6.07) is 9.67. The average Bonchev–Trinajstić information content (AvgIpc) is 2.47. The van der Waals surface area contributed by atoms with E-state index in [0.717, 1.165) is 11.5 Å². The van der Waals surface area contributed by atoms with Gasteiger partial charge >= 0.3 is 0 Å². The molecule has 0 fully saturated rings. The highest BCUT2D eigenvalue weighted by atomic mass is 35.5. The van der Waals surface area contributed by atoms with E-state index in [4.69, 9.17) is 11.6 Å². The van der Waals surface area contributed by atoms with Crippen LogP contribution in [0.5, 0.6) is 0 Å². The highest BCUT2D eigenvalue weighted by molar-refractivity contribution is 6.30. The molecule has 0 radical (unpaired) electrons. The van der Waals surface area contributed by atoms with Crippen LogP contribution in [0.2, 0.25) is 5.02 Å². The van der Waals surface area contributed by atoms with E-state index in [2.05, 4.69) is 45.4 Å². The Kier molecular flexibility index (Phi) is 4.15. The van der Waals surface area contributed by atoms with Crippen LogP contribution in [0.15, 0.2) is 48.8 Å². The summed E-state index contributed by atoms with van der Waals surface area (Å²) in [6.45, 7) is 4.24. The molecular weight excluding hydrogens is 298 g/mol. The number of nitrogens with one attached hydrogen (secondary N) is 2. The fraction of sp³-hybridized carbons (Fsp3) is 0.250. The van der Waals surface area contributed by atoms with Gasteiger partial charge in [-0.15, -0.1) is 0 Å². The maximum absolute atomic E-state index is 6.00. The topological polar surface area (TPSA) is 53.1 Å². The van der Waals surface area contributed by atoms with E-state index in [0.29, 0.717) is 11.0 Å². The van der Waals surface area contributed by atoms with Crippen LogP contribution in [0, 0.1) is 0 Å². The zero-order chi connectivity index (χ0) is 15.5. The van der Waals surface area contributed by atoms with Crippen molar-refractivity contribution in [1.82, 2.24) is 15.3 Å². The van der Waals surface area contributed by atoms with Gasteiger partial charge < -0.3 is 15.5 Å². The lowest BCUT2D eigenvalue weighted by atomic mass is 10.2. The van der Waals surface area contributed by atoms with Crippen molar-refractivity contribution in [3.8, 4) is 0 Å². The Morgan fingerprint density at radius 3 is 2.91 bits per heavy atom. The summed E-state index contributed by atoms with van der Waals surface area (Å²) < 4.78 is 0. The van der Waals surface area contributed by atoms with Crippen molar-refractivity contribution < 1.29 is 0 Å². The maximum Gasteiger partial charge on any atom is 0.229 e. The second-order valence-electron chi connectivity index (χ2n) is 5.22. The Hall–Kier alpha value is -2.27. The van der Waals surface area contributed by atoms with Crippen LogP contribution in [0.25, 0.3) is 0 Å². The Bertz CT molecular complexity index is 688. The molecule has 5 nitrogen and oxygen atoms in total. The van der Waals surface area contributed by atoms with E-state index in [-0.39, 0.29) is 12.2 Å². The van der Waals surface area contributed by atoms with Crippen LogP contribution >= 0.6 is 11.6 Å². The Labute approximate surface area is 135 Å². The van der Waals surface area contributed by atoms with Crippen molar-refractivity contribution in [2.24, 2.45) is 0 Å². The van der Waals surface area contributed by atoms with Crippen LogP contribution in [0.3, 0.4) is 0 Å². The zero-order valence-electron chi connectivity index (χ0n) is 12.5. The third kappa shape index (κ3) is 3.14. The molecule has 0 amide bonds. The lowest BCUT2D eigenvalue weighted by Crippen LogP contribution is -2.49. The largest absolute Gasteiger partial charge is 0.372 e. The number of aromatic nitrogens is 2. The fourth-order valence-corrected chi connectivity index (χ4v) is 2.71. The molecule has 22 heavy (non-hydrogen) atoms. The molecule has 2 N–H and O–H groups in total. The molecule has 3 rings (SSSR count). The van der Waals surface area contributed by atoms with Crippen molar-refractivity contribution in [2.75, 3.05) is 10.2 Å². The average molecular weight is 316 g/mol. The van der Waals surface area contributed by atoms with E-state index in [1.54, 1.807) is 6.20 Å². The predicted molar refractivity (Wildman–Crippen MR) is 90.4 cm³/mol. The molecule has 0 saturated heterocycles. The monoisotopic (exact) mass is 315 g/mol. The number of rotatable bonds is 3. The maximum atomic E-state index is 6.00. The molecule has 6 heteroatoms. The normalized spacial score (nSPS) is 20.6. The molecule has 1 aliphatic rings. The Morgan fingerprint density at radius 1 is 1.27 bits per heavy atom. The first-order valence-corrected chi connectivity index (χ1v) is 7.58. The quantitative estimate of drug-likeness (QED) is 0.907. The standard InChI is InChI=1S/C16H18ClN5/c1-11-6-8-18-12(2)22(11)15-7-9-19-16(21-15)20-14-5-3-4-13(17)10-14/h3-12,18H,1-2H3,(H,19,20,21). The van der Waals surface area contributed by atoms with Crippen molar-refractivity contribution in [2.45, 2.75) is 26.1 Å². The highest BCUT2D eigenvalue weighted by Crippen LogP contribution is 2.22. The fourth-order valence-electron chi connectivity index (χ4n) is 2.52. The molecule has 2 atom stereocenters. The van der Waals surface area contributed by atoms with Gasteiger partial charge in [-0.3, -0.25) is 0 Å². The first-order valence-electron chi connectivity index (χ1n) is 7.20. The summed E-state index contributed by atoms with van der Waals surface area (Å²) >= 11 is 6.00. The first kappa shape index (κ1) is 14.7. The number of anilines is 3. The highest BCUT2D eigenvalue weighted by Gasteiger charge is 2.22. The molecule has 2 unspecified atom stereocenters. The van der Waals surface area contributed by atoms with Crippen LogP contribution in [0.1, 0.15) is 13.8 Å². The summed E-state index contributed by atoms with van der Waals surface area (Å²) in [5.74, 6) is 1.42. The second kappa shape index (κ2) is 6.23. The molecule has 0 saturated carbocycles. The van der Waals surface area contributed by atoms with Gasteiger partial charge in [0, 0.05) is 22.9 Å². The van der Waals surface area contributed by atoms with Gasteiger partial charge in [0.25, 0.3) is 0 Å². The summed E-state index contributed by atoms with van der Waals surface area (Å²) in [5, 5.41) is 7.14. The minimum absolute atomic E-state index is 0.175. The molecule has 114 valence electrons. The predicted octanol–water partition coefficient (Wildman–Crippen LogP) is 3.53. The van der Waals surface area contributed by atoms with Gasteiger partial charge in [-0.2, -0.15) is 4.98 Å². The minimum Gasteiger partial charge on any atom is -0.372 e. The van der Waals surface area contributed by atoms with Gasteiger partial charge in [0.2, 0.25) is 5.95 Å². The molecule has 0 bridgehead atoms. The van der Waals surface area contributed by atoms with Crippen molar-refractivity contribution in [3.05, 3.63) is 53.8 Å². The lowest BCUT2D eigenvalue weighted by Gasteiger charge is -2.37. The van der Waals surface area contributed by atoms with Gasteiger partial charge in [0.1, 0.15) is 5.82 Å². The Morgan fingerprint density at radius 2 is 2.14 bits per heavy atom. The summed E-state index contributed by atoms with van der Waals surface area (Å²) in [6.07, 6.45) is 6.02. The van der Waals surface area contributed by atoms with Crippen molar-refractivity contribution in [3.63, 3.8) is 0 Å². The number of hydrogen-bond donors (Lipinski definition) is 2. The molecule has 2 heterocycles. The summed E-state index contributed by atoms with van der Waals surface area (Å²) in [5.41, 5.74) is 0.863. The SMILES string of the molecule is CC1C=CNC(C)N1c1ccnc(Nc2cccc(Cl)c2)n1. The van der Waals surface area contributed by atoms with E-state index < -0.39 is 0 Å². The molecule has 0 spiro atoms. The van der Waals surface area contributed by atoms with Gasteiger partial charge in [0.05, 0.1) is 6.17 Å². The summed E-state index contributed by atoms with van der Waals surface area (Å²) in [4.78, 5) is 11.1. The first-order chi connectivity index (χ1) is 10.6. The molecule has 1 aromatic heterocycles. The number of halogens is 1. The van der Waals surface area contributed by atoms with Gasteiger partial charge in [-0.25, -0.2) is 4.98 Å². The molecule has 0 aliphatic carbocycles. The number of nitrogens with zero attached hydrogens (tertiary/aromatic N) is 3. The molecular formula is C16H18ClN5. The van der Waals surface area contributed by atoms with E-state index >= 15 is 0 Å². The number of hydrogen-bond acceptors (Lipinski definition) is 5. The van der Waals surface area contributed by atoms with E-state index in [9.17, 15) is 0 Å². The molecule has 2 aromatic rings. The Balaban J connectivity index is 1.85. The smallest absolute Gasteiger partial charge is 0.229 e. The lowest BCUT2D eigenvalue weighted by molar-refractivity contribution is 0.527. The second-order valence-corrected chi connectivity index (χ2v) is 5.66. The van der Waals surface area contributed by atoms with Crippen LogP contribution in [0.4, 0.5) is 17.5 Å². The van der Waals surface area contributed by atoms with Crippen LogP contribution in [-0.2, 0) is 0 Å². The number of benzene rings is 1. The van der Waals surface area contributed by atoms with Gasteiger partial charge in [-0.05, 0) is 50.4 Å². The zero-order valence-corrected chi connectivity index (χ0v) is 13.2. The third-order valence-electron chi connectivity index (χ3n) is 3.55. The third-order valence-corrected chi connectivity index (χ3v) is 3.79. The van der Waals surface area contributed by atoms with Crippen molar-refractivity contribution in [1.29, 1.82) is 0 Å². The minimum atomic E-state index is 0.175. The summed E-state index contributed by atoms with van der Waals surface area (Å²) in [7, 11) is 0. The van der Waals surface area contributed by atoms with Gasteiger partial charge in [0.15, 0.2) is 0 Å². The van der Waals surface area contributed by atoms with Crippen molar-refractivity contribution >= 4 is 29.1 Å². The van der Waals surface area contributed by atoms with Crippen LogP contribution in [-0.4, -0.2) is 22.2 Å². The van der Waals surface area contributed by atoms with E-state index in [1.807, 2.05) is 36.5 Å². The van der Waals surface area contributed by atoms with Gasteiger partial charge in [-0.1, -0.05) is 17.7 Å². The molecule has 1 aromatic carbocycles. The van der Waals surface area contributed by atoms with E-state index in [1.165, 1.54) is 0 Å². The van der Waals surface area contributed by atoms with Crippen LogP contribution < -0.4 is 15.5 Å². The molecule has 1 aliphatic heterocycles.